The fourth-order valence-electron chi connectivity index (χ4n) is 0.969. The van der Waals surface area contributed by atoms with Gasteiger partial charge in [-0.15, -0.1) is 0 Å². The van der Waals surface area contributed by atoms with Crippen molar-refractivity contribution < 1.29 is 19.4 Å². The number of carbonyl (C=O) groups excluding carboxylic acids is 1. The van der Waals surface area contributed by atoms with Crippen molar-refractivity contribution in [3.63, 3.8) is 0 Å². The molecular weight excluding hydrogens is 276 g/mol. The van der Waals surface area contributed by atoms with E-state index in [-0.39, 0.29) is 6.61 Å². The smallest absolute Gasteiger partial charge is 0.331 e. The summed E-state index contributed by atoms with van der Waals surface area (Å²) in [7, 11) is 0. The van der Waals surface area contributed by atoms with E-state index in [0.29, 0.717) is 0 Å². The van der Waals surface area contributed by atoms with E-state index in [1.54, 1.807) is 6.07 Å². The molecule has 0 spiro atoms. The van der Waals surface area contributed by atoms with E-state index in [2.05, 4.69) is 15.9 Å². The molecule has 0 radical (unpaired) electrons. The first-order valence-electron chi connectivity index (χ1n) is 4.40. The van der Waals surface area contributed by atoms with E-state index in [1.165, 1.54) is 0 Å². The molecule has 0 aliphatic heterocycles. The Morgan fingerprint density at radius 2 is 2.12 bits per heavy atom. The predicted molar refractivity (Wildman–Crippen MR) is 60.7 cm³/mol. The van der Waals surface area contributed by atoms with Gasteiger partial charge in [0, 0.05) is 16.6 Å². The SMILES string of the molecule is O=C(O)/C=C/C(=O)OCc1cccc(Br)c1. The minimum atomic E-state index is -1.18. The molecular formula is C11H9BrO4. The quantitative estimate of drug-likeness (QED) is 0.680. The minimum absolute atomic E-state index is 0.113. The first-order valence-corrected chi connectivity index (χ1v) is 5.19. The number of carbonyl (C=O) groups is 2. The summed E-state index contributed by atoms with van der Waals surface area (Å²) in [5, 5.41) is 8.28. The van der Waals surface area contributed by atoms with Gasteiger partial charge in [0.05, 0.1) is 0 Å². The highest BCUT2D eigenvalue weighted by atomic mass is 79.9. The van der Waals surface area contributed by atoms with Crippen molar-refractivity contribution in [2.24, 2.45) is 0 Å². The molecule has 0 atom stereocenters. The van der Waals surface area contributed by atoms with Crippen LogP contribution >= 0.6 is 15.9 Å². The van der Waals surface area contributed by atoms with Crippen molar-refractivity contribution in [1.29, 1.82) is 0 Å². The summed E-state index contributed by atoms with van der Waals surface area (Å²) < 4.78 is 5.71. The van der Waals surface area contributed by atoms with Crippen LogP contribution in [0.25, 0.3) is 0 Å². The zero-order chi connectivity index (χ0) is 12.0. The maximum absolute atomic E-state index is 11.0. The fourth-order valence-corrected chi connectivity index (χ4v) is 1.42. The van der Waals surface area contributed by atoms with Crippen LogP contribution in [0, 0.1) is 0 Å². The van der Waals surface area contributed by atoms with E-state index in [1.807, 2.05) is 18.2 Å². The first-order chi connectivity index (χ1) is 7.58. The Morgan fingerprint density at radius 1 is 1.38 bits per heavy atom. The molecule has 1 N–H and O–H groups in total. The summed E-state index contributed by atoms with van der Waals surface area (Å²) >= 11 is 3.29. The molecule has 1 aromatic carbocycles. The zero-order valence-corrected chi connectivity index (χ0v) is 9.81. The zero-order valence-electron chi connectivity index (χ0n) is 8.22. The molecule has 1 aromatic rings. The van der Waals surface area contributed by atoms with Crippen molar-refractivity contribution in [3.05, 3.63) is 46.5 Å². The van der Waals surface area contributed by atoms with Crippen molar-refractivity contribution >= 4 is 27.9 Å². The van der Waals surface area contributed by atoms with Gasteiger partial charge in [-0.1, -0.05) is 28.1 Å². The number of hydrogen-bond acceptors (Lipinski definition) is 3. The molecule has 0 saturated heterocycles. The van der Waals surface area contributed by atoms with Crippen LogP contribution < -0.4 is 0 Å². The van der Waals surface area contributed by atoms with Gasteiger partial charge in [0.1, 0.15) is 6.61 Å². The van der Waals surface area contributed by atoms with Gasteiger partial charge in [0.15, 0.2) is 0 Å². The van der Waals surface area contributed by atoms with E-state index in [9.17, 15) is 9.59 Å². The van der Waals surface area contributed by atoms with Crippen LogP contribution in [-0.4, -0.2) is 17.0 Å². The Morgan fingerprint density at radius 3 is 2.75 bits per heavy atom. The van der Waals surface area contributed by atoms with E-state index < -0.39 is 11.9 Å². The maximum Gasteiger partial charge on any atom is 0.331 e. The average Bonchev–Trinajstić information content (AvgIpc) is 2.23. The van der Waals surface area contributed by atoms with Crippen LogP contribution in [0.2, 0.25) is 0 Å². The lowest BCUT2D eigenvalue weighted by Gasteiger charge is -2.02. The highest BCUT2D eigenvalue weighted by molar-refractivity contribution is 9.10. The van der Waals surface area contributed by atoms with E-state index in [0.717, 1.165) is 22.2 Å². The van der Waals surface area contributed by atoms with Gasteiger partial charge >= 0.3 is 11.9 Å². The highest BCUT2D eigenvalue weighted by Crippen LogP contribution is 2.12. The Kier molecular flexibility index (Phi) is 4.72. The highest BCUT2D eigenvalue weighted by Gasteiger charge is 2.00. The molecule has 84 valence electrons. The largest absolute Gasteiger partial charge is 0.478 e. The molecule has 0 aromatic heterocycles. The van der Waals surface area contributed by atoms with E-state index >= 15 is 0 Å². The fraction of sp³-hybridized carbons (Fsp3) is 0.0909. The van der Waals surface area contributed by atoms with Gasteiger partial charge in [-0.25, -0.2) is 9.59 Å². The third kappa shape index (κ3) is 4.75. The molecule has 0 saturated carbocycles. The molecule has 0 heterocycles. The number of ether oxygens (including phenoxy) is 1. The molecule has 0 unspecified atom stereocenters. The van der Waals surface area contributed by atoms with Crippen LogP contribution in [0.5, 0.6) is 0 Å². The summed E-state index contributed by atoms with van der Waals surface area (Å²) in [5.74, 6) is -1.86. The van der Waals surface area contributed by atoms with Crippen molar-refractivity contribution in [1.82, 2.24) is 0 Å². The van der Waals surface area contributed by atoms with Gasteiger partial charge in [0.25, 0.3) is 0 Å². The molecule has 0 amide bonds. The number of halogens is 1. The number of benzene rings is 1. The second kappa shape index (κ2) is 6.07. The predicted octanol–water partition coefficient (Wildman–Crippen LogP) is 2.13. The lowest BCUT2D eigenvalue weighted by Crippen LogP contribution is -2.02. The van der Waals surface area contributed by atoms with Crippen LogP contribution in [-0.2, 0) is 20.9 Å². The first kappa shape index (κ1) is 12.4. The summed E-state index contributed by atoms with van der Waals surface area (Å²) in [6.45, 7) is 0.113. The Bertz CT molecular complexity index is 426. The topological polar surface area (TPSA) is 63.6 Å². The monoisotopic (exact) mass is 284 g/mol. The number of rotatable bonds is 4. The summed E-state index contributed by atoms with van der Waals surface area (Å²) in [5.41, 5.74) is 0.825. The Labute approximate surface area is 101 Å². The van der Waals surface area contributed by atoms with E-state index in [4.69, 9.17) is 9.84 Å². The van der Waals surface area contributed by atoms with Gasteiger partial charge in [0.2, 0.25) is 0 Å². The average molecular weight is 285 g/mol. The van der Waals surface area contributed by atoms with Gasteiger partial charge < -0.3 is 9.84 Å². The molecule has 0 fully saturated rings. The van der Waals surface area contributed by atoms with Gasteiger partial charge in [-0.3, -0.25) is 0 Å². The lowest BCUT2D eigenvalue weighted by atomic mass is 10.2. The third-order valence-corrected chi connectivity index (χ3v) is 2.13. The van der Waals surface area contributed by atoms with Gasteiger partial charge in [-0.2, -0.15) is 0 Å². The molecule has 5 heteroatoms. The van der Waals surface area contributed by atoms with Crippen molar-refractivity contribution in [3.8, 4) is 0 Å². The van der Waals surface area contributed by atoms with Crippen molar-refractivity contribution in [2.45, 2.75) is 6.61 Å². The normalized spacial score (nSPS) is 10.3. The summed E-state index contributed by atoms with van der Waals surface area (Å²) in [6, 6.07) is 7.29. The van der Waals surface area contributed by atoms with Crippen LogP contribution in [0.15, 0.2) is 40.9 Å². The van der Waals surface area contributed by atoms with Gasteiger partial charge in [-0.05, 0) is 17.7 Å². The number of esters is 1. The molecule has 1 rings (SSSR count). The molecule has 4 nitrogen and oxygen atoms in total. The number of carboxylic acid groups (broad SMARTS) is 1. The van der Waals surface area contributed by atoms with Crippen LogP contribution in [0.3, 0.4) is 0 Å². The summed E-state index contributed by atoms with van der Waals surface area (Å²) in [6.07, 6.45) is 1.61. The van der Waals surface area contributed by atoms with Crippen LogP contribution in [0.1, 0.15) is 5.56 Å². The van der Waals surface area contributed by atoms with Crippen molar-refractivity contribution in [2.75, 3.05) is 0 Å². The second-order valence-corrected chi connectivity index (χ2v) is 3.82. The molecule has 0 bridgehead atoms. The summed E-state index contributed by atoms with van der Waals surface area (Å²) in [4.78, 5) is 21.1. The molecule has 16 heavy (non-hydrogen) atoms. The molecule has 0 aliphatic rings. The number of hydrogen-bond donors (Lipinski definition) is 1. The standard InChI is InChI=1S/C11H9BrO4/c12-9-3-1-2-8(6-9)7-16-11(15)5-4-10(13)14/h1-6H,7H2,(H,13,14)/b5-4+. The lowest BCUT2D eigenvalue weighted by molar-refractivity contribution is -0.139. The number of aliphatic carboxylic acids is 1. The maximum atomic E-state index is 11.0. The molecule has 0 aliphatic carbocycles. The third-order valence-electron chi connectivity index (χ3n) is 1.63. The van der Waals surface area contributed by atoms with Crippen LogP contribution in [0.4, 0.5) is 0 Å². The minimum Gasteiger partial charge on any atom is -0.478 e. The second-order valence-electron chi connectivity index (χ2n) is 2.91. The Hall–Kier alpha value is -1.62. The Balaban J connectivity index is 2.46. The number of carboxylic acids is 1.